The van der Waals surface area contributed by atoms with Crippen molar-refractivity contribution in [3.63, 3.8) is 0 Å². The first-order chi connectivity index (χ1) is 8.71. The van der Waals surface area contributed by atoms with Crippen LogP contribution in [0.5, 0.6) is 5.75 Å². The number of allylic oxidation sites excluding steroid dienone is 3. The van der Waals surface area contributed by atoms with Crippen LogP contribution in [0.25, 0.3) is 0 Å². The number of hydrogen-bond donors (Lipinski definition) is 3. The molecular weight excluding hydrogens is 226 g/mol. The molecule has 4 nitrogen and oxygen atoms in total. The maximum Gasteiger partial charge on any atom is 0.136 e. The van der Waals surface area contributed by atoms with Crippen LogP contribution >= 0.6 is 0 Å². The normalized spacial score (nSPS) is 12.7. The maximum absolute atomic E-state index is 5.69. The summed E-state index contributed by atoms with van der Waals surface area (Å²) < 4.78 is 5.69. The van der Waals surface area contributed by atoms with Crippen LogP contribution in [0.2, 0.25) is 0 Å². The van der Waals surface area contributed by atoms with Gasteiger partial charge in [-0.25, -0.2) is 0 Å². The molecule has 0 amide bonds. The lowest BCUT2D eigenvalue weighted by molar-refractivity contribution is 0.439. The Morgan fingerprint density at radius 3 is 2.33 bits per heavy atom. The second-order valence-corrected chi connectivity index (χ2v) is 3.42. The van der Waals surface area contributed by atoms with Crippen molar-refractivity contribution in [1.82, 2.24) is 0 Å². The molecular formula is C14H17N3O. The predicted octanol–water partition coefficient (Wildman–Crippen LogP) is 2.03. The molecule has 0 unspecified atom stereocenters. The molecule has 4 heteroatoms. The molecule has 18 heavy (non-hydrogen) atoms. The van der Waals surface area contributed by atoms with Crippen molar-refractivity contribution in [2.24, 2.45) is 11.5 Å². The molecule has 0 atom stereocenters. The highest BCUT2D eigenvalue weighted by atomic mass is 16.5. The fraction of sp³-hybridized carbons (Fsp3) is 0. The molecule has 0 saturated heterocycles. The van der Waals surface area contributed by atoms with Crippen molar-refractivity contribution in [2.45, 2.75) is 0 Å². The number of ether oxygens (including phenoxy) is 1. The average Bonchev–Trinajstić information content (AvgIpc) is 2.38. The molecule has 1 aromatic carbocycles. The van der Waals surface area contributed by atoms with Crippen LogP contribution in [0.3, 0.4) is 0 Å². The third-order valence-corrected chi connectivity index (χ3v) is 2.12. The van der Waals surface area contributed by atoms with Gasteiger partial charge in [0.05, 0.1) is 0 Å². The topological polar surface area (TPSA) is 87.3 Å². The average molecular weight is 243 g/mol. The standard InChI is InChI=1S/C14H17N3O/c1-2-3-14(11(10-16)8-9-15)18-13-6-4-12(17)5-7-13/h2-10H,1,15-17H2/b9-8-,11-10-,14-3+. The largest absolute Gasteiger partial charge is 0.457 e. The van der Waals surface area contributed by atoms with Gasteiger partial charge < -0.3 is 21.9 Å². The molecule has 1 aromatic rings. The molecule has 0 aliphatic rings. The van der Waals surface area contributed by atoms with Crippen molar-refractivity contribution in [3.05, 3.63) is 72.8 Å². The van der Waals surface area contributed by atoms with Crippen molar-refractivity contribution < 1.29 is 4.74 Å². The van der Waals surface area contributed by atoms with Gasteiger partial charge in [0, 0.05) is 17.5 Å². The SMILES string of the molecule is C=C\C=C(Oc1ccc(N)cc1)/C(/C=C\N)=C\N. The first-order valence-corrected chi connectivity index (χ1v) is 5.38. The van der Waals surface area contributed by atoms with Gasteiger partial charge in [-0.05, 0) is 42.6 Å². The van der Waals surface area contributed by atoms with Gasteiger partial charge >= 0.3 is 0 Å². The highest BCUT2D eigenvalue weighted by Gasteiger charge is 2.04. The van der Waals surface area contributed by atoms with Crippen LogP contribution in [0.15, 0.2) is 72.8 Å². The zero-order chi connectivity index (χ0) is 13.4. The number of benzene rings is 1. The number of anilines is 1. The van der Waals surface area contributed by atoms with Crippen molar-refractivity contribution in [1.29, 1.82) is 0 Å². The van der Waals surface area contributed by atoms with E-state index in [1.165, 1.54) is 12.4 Å². The molecule has 0 radical (unpaired) electrons. The van der Waals surface area contributed by atoms with Gasteiger partial charge in [-0.15, -0.1) is 0 Å². The molecule has 0 heterocycles. The van der Waals surface area contributed by atoms with E-state index in [1.807, 2.05) is 0 Å². The van der Waals surface area contributed by atoms with Crippen LogP contribution in [-0.2, 0) is 0 Å². The second-order valence-electron chi connectivity index (χ2n) is 3.42. The summed E-state index contributed by atoms with van der Waals surface area (Å²) in [5.74, 6) is 1.21. The van der Waals surface area contributed by atoms with E-state index in [4.69, 9.17) is 21.9 Å². The molecule has 1 rings (SSSR count). The summed E-state index contributed by atoms with van der Waals surface area (Å²) in [4.78, 5) is 0. The van der Waals surface area contributed by atoms with Gasteiger partial charge in [0.2, 0.25) is 0 Å². The van der Waals surface area contributed by atoms with Gasteiger partial charge in [-0.1, -0.05) is 12.7 Å². The zero-order valence-corrected chi connectivity index (χ0v) is 10.0. The Labute approximate surface area is 107 Å². The number of nitrogens with two attached hydrogens (primary N) is 3. The monoisotopic (exact) mass is 243 g/mol. The lowest BCUT2D eigenvalue weighted by atomic mass is 10.2. The number of hydrogen-bond acceptors (Lipinski definition) is 4. The third-order valence-electron chi connectivity index (χ3n) is 2.12. The molecule has 0 fully saturated rings. The molecule has 94 valence electrons. The highest BCUT2D eigenvalue weighted by molar-refractivity contribution is 5.44. The fourth-order valence-electron chi connectivity index (χ4n) is 1.28. The number of nitrogen functional groups attached to an aromatic ring is 1. The summed E-state index contributed by atoms with van der Waals surface area (Å²) in [5, 5.41) is 0. The minimum Gasteiger partial charge on any atom is -0.457 e. The van der Waals surface area contributed by atoms with Gasteiger partial charge in [0.15, 0.2) is 0 Å². The first kappa shape index (κ1) is 13.4. The van der Waals surface area contributed by atoms with Gasteiger partial charge in [0.25, 0.3) is 0 Å². The van der Waals surface area contributed by atoms with Crippen LogP contribution in [0.4, 0.5) is 5.69 Å². The van der Waals surface area contributed by atoms with E-state index < -0.39 is 0 Å². The summed E-state index contributed by atoms with van der Waals surface area (Å²) in [5.41, 5.74) is 17.8. The smallest absolute Gasteiger partial charge is 0.136 e. The Hall–Kier alpha value is -2.62. The summed E-state index contributed by atoms with van der Waals surface area (Å²) in [7, 11) is 0. The molecule has 0 aliphatic carbocycles. The van der Waals surface area contributed by atoms with E-state index in [-0.39, 0.29) is 0 Å². The quantitative estimate of drug-likeness (QED) is 0.419. The summed E-state index contributed by atoms with van der Waals surface area (Å²) >= 11 is 0. The first-order valence-electron chi connectivity index (χ1n) is 5.38. The molecule has 0 aromatic heterocycles. The minimum atomic E-state index is 0.555. The van der Waals surface area contributed by atoms with Gasteiger partial charge in [0.1, 0.15) is 11.5 Å². The molecule has 6 N–H and O–H groups in total. The van der Waals surface area contributed by atoms with Crippen molar-refractivity contribution >= 4 is 5.69 Å². The minimum absolute atomic E-state index is 0.555. The molecule has 0 saturated carbocycles. The Balaban J connectivity index is 2.97. The summed E-state index contributed by atoms with van der Waals surface area (Å²) in [6.45, 7) is 3.63. The maximum atomic E-state index is 5.69. The Morgan fingerprint density at radius 1 is 1.17 bits per heavy atom. The van der Waals surface area contributed by atoms with Crippen molar-refractivity contribution in [3.8, 4) is 5.75 Å². The van der Waals surface area contributed by atoms with E-state index in [1.54, 1.807) is 42.5 Å². The second kappa shape index (κ2) is 6.85. The third kappa shape index (κ3) is 3.75. The van der Waals surface area contributed by atoms with E-state index >= 15 is 0 Å². The van der Waals surface area contributed by atoms with Gasteiger partial charge in [-0.3, -0.25) is 0 Å². The molecule has 0 spiro atoms. The van der Waals surface area contributed by atoms with Crippen molar-refractivity contribution in [2.75, 3.05) is 5.73 Å². The van der Waals surface area contributed by atoms with Crippen LogP contribution in [-0.4, -0.2) is 0 Å². The Kier molecular flexibility index (Phi) is 5.12. The lowest BCUT2D eigenvalue weighted by Crippen LogP contribution is -2.01. The summed E-state index contributed by atoms with van der Waals surface area (Å²) in [6.07, 6.45) is 7.76. The number of rotatable bonds is 5. The van der Waals surface area contributed by atoms with E-state index in [0.717, 1.165) is 0 Å². The highest BCUT2D eigenvalue weighted by Crippen LogP contribution is 2.20. The van der Waals surface area contributed by atoms with E-state index in [9.17, 15) is 0 Å². The van der Waals surface area contributed by atoms with E-state index in [0.29, 0.717) is 22.8 Å². The molecule has 0 aliphatic heterocycles. The fourth-order valence-corrected chi connectivity index (χ4v) is 1.28. The lowest BCUT2D eigenvalue weighted by Gasteiger charge is -2.10. The van der Waals surface area contributed by atoms with Crippen LogP contribution in [0, 0.1) is 0 Å². The van der Waals surface area contributed by atoms with E-state index in [2.05, 4.69) is 6.58 Å². The Bertz CT molecular complexity index is 484. The zero-order valence-electron chi connectivity index (χ0n) is 10.0. The molecule has 0 bridgehead atoms. The van der Waals surface area contributed by atoms with Crippen LogP contribution in [0.1, 0.15) is 0 Å². The predicted molar refractivity (Wildman–Crippen MR) is 75.4 cm³/mol. The Morgan fingerprint density at radius 2 is 1.83 bits per heavy atom. The summed E-state index contributed by atoms with van der Waals surface area (Å²) in [6, 6.07) is 7.05. The van der Waals surface area contributed by atoms with Gasteiger partial charge in [-0.2, -0.15) is 0 Å². The van der Waals surface area contributed by atoms with Crippen LogP contribution < -0.4 is 21.9 Å².